The third-order valence-electron chi connectivity index (χ3n) is 3.33. The van der Waals surface area contributed by atoms with Crippen LogP contribution in [0.5, 0.6) is 0 Å². The Labute approximate surface area is 118 Å². The lowest BCUT2D eigenvalue weighted by atomic mass is 10.1. The molecule has 2 unspecified atom stereocenters. The Bertz CT molecular complexity index is 357. The van der Waals surface area contributed by atoms with Crippen molar-refractivity contribution in [1.82, 2.24) is 4.90 Å². The van der Waals surface area contributed by atoms with E-state index in [2.05, 4.69) is 62.0 Å². The number of nitrogens with zero attached hydrogens (tertiary/aromatic N) is 2. The first-order chi connectivity index (χ1) is 8.93. The molecule has 1 aromatic rings. The number of benzene rings is 1. The third-order valence-corrected chi connectivity index (χ3v) is 3.33. The summed E-state index contributed by atoms with van der Waals surface area (Å²) in [6.07, 6.45) is 0.944. The second-order valence-electron chi connectivity index (χ2n) is 5.75. The van der Waals surface area contributed by atoms with Crippen LogP contribution in [0.15, 0.2) is 24.3 Å². The average Bonchev–Trinajstić information content (AvgIpc) is 2.30. The van der Waals surface area contributed by atoms with Gasteiger partial charge in [-0.05, 0) is 59.0 Å². The fourth-order valence-corrected chi connectivity index (χ4v) is 2.57. The molecular weight excluding hydrogens is 234 g/mol. The minimum atomic E-state index is 0.223. The average molecular weight is 263 g/mol. The number of likely N-dealkylation sites (N-methyl/N-ethyl adjacent to an activating group) is 2. The summed E-state index contributed by atoms with van der Waals surface area (Å²) in [7, 11) is 4.24. The predicted molar refractivity (Wildman–Crippen MR) is 84.8 cm³/mol. The largest absolute Gasteiger partial charge is 0.368 e. The SMILES string of the molecule is CCN(c1ccc(CC(C)N)cc1)C(C)CN(C)C. The highest BCUT2D eigenvalue weighted by Gasteiger charge is 2.13. The Hall–Kier alpha value is -1.06. The van der Waals surface area contributed by atoms with E-state index in [0.717, 1.165) is 19.5 Å². The first kappa shape index (κ1) is 16.0. The van der Waals surface area contributed by atoms with Gasteiger partial charge in [-0.1, -0.05) is 12.1 Å². The van der Waals surface area contributed by atoms with Crippen molar-refractivity contribution in [1.29, 1.82) is 0 Å². The van der Waals surface area contributed by atoms with E-state index >= 15 is 0 Å². The Morgan fingerprint density at radius 2 is 1.68 bits per heavy atom. The summed E-state index contributed by atoms with van der Waals surface area (Å²) in [6, 6.07) is 9.56. The van der Waals surface area contributed by atoms with E-state index in [1.165, 1.54) is 11.3 Å². The molecule has 0 fully saturated rings. The van der Waals surface area contributed by atoms with Crippen molar-refractivity contribution in [2.75, 3.05) is 32.1 Å². The maximum absolute atomic E-state index is 5.84. The second-order valence-corrected chi connectivity index (χ2v) is 5.75. The monoisotopic (exact) mass is 263 g/mol. The van der Waals surface area contributed by atoms with Crippen molar-refractivity contribution in [3.05, 3.63) is 29.8 Å². The molecule has 0 aliphatic rings. The fraction of sp³-hybridized carbons (Fsp3) is 0.625. The molecule has 0 bridgehead atoms. The Kier molecular flexibility index (Phi) is 6.32. The van der Waals surface area contributed by atoms with Crippen LogP contribution in [0.1, 0.15) is 26.3 Å². The van der Waals surface area contributed by atoms with Gasteiger partial charge in [-0.15, -0.1) is 0 Å². The number of nitrogens with two attached hydrogens (primary N) is 1. The van der Waals surface area contributed by atoms with Crippen LogP contribution in [0.3, 0.4) is 0 Å². The molecule has 0 spiro atoms. The first-order valence-corrected chi connectivity index (χ1v) is 7.20. The zero-order valence-corrected chi connectivity index (χ0v) is 13.1. The van der Waals surface area contributed by atoms with Gasteiger partial charge < -0.3 is 15.5 Å². The fourth-order valence-electron chi connectivity index (χ4n) is 2.57. The van der Waals surface area contributed by atoms with Gasteiger partial charge in [-0.25, -0.2) is 0 Å². The standard InChI is InChI=1S/C16H29N3/c1-6-19(14(3)12-18(4)5)16-9-7-15(8-10-16)11-13(2)17/h7-10,13-14H,6,11-12,17H2,1-5H3. The van der Waals surface area contributed by atoms with Crippen LogP contribution in [0.25, 0.3) is 0 Å². The molecule has 1 aromatic carbocycles. The van der Waals surface area contributed by atoms with Gasteiger partial charge in [0, 0.05) is 30.9 Å². The van der Waals surface area contributed by atoms with Gasteiger partial charge in [0.25, 0.3) is 0 Å². The van der Waals surface area contributed by atoms with Gasteiger partial charge in [-0.3, -0.25) is 0 Å². The van der Waals surface area contributed by atoms with Crippen LogP contribution in [0, 0.1) is 0 Å². The third kappa shape index (κ3) is 5.21. The van der Waals surface area contributed by atoms with Gasteiger partial charge in [0.2, 0.25) is 0 Å². The number of hydrogen-bond donors (Lipinski definition) is 1. The zero-order chi connectivity index (χ0) is 14.4. The molecule has 0 aromatic heterocycles. The highest BCUT2D eigenvalue weighted by atomic mass is 15.2. The Morgan fingerprint density at radius 3 is 2.11 bits per heavy atom. The molecule has 108 valence electrons. The van der Waals surface area contributed by atoms with E-state index < -0.39 is 0 Å². The highest BCUT2D eigenvalue weighted by Crippen LogP contribution is 2.18. The molecule has 0 heterocycles. The molecule has 0 saturated carbocycles. The van der Waals surface area contributed by atoms with Crippen LogP contribution < -0.4 is 10.6 Å². The number of anilines is 1. The van der Waals surface area contributed by atoms with Crippen LogP contribution in [-0.4, -0.2) is 44.2 Å². The van der Waals surface area contributed by atoms with E-state index in [-0.39, 0.29) is 6.04 Å². The van der Waals surface area contributed by atoms with Crippen molar-refractivity contribution in [3.63, 3.8) is 0 Å². The van der Waals surface area contributed by atoms with Crippen LogP contribution in [-0.2, 0) is 6.42 Å². The molecule has 3 nitrogen and oxygen atoms in total. The smallest absolute Gasteiger partial charge is 0.0388 e. The van der Waals surface area contributed by atoms with E-state index in [4.69, 9.17) is 5.73 Å². The molecule has 3 heteroatoms. The Balaban J connectivity index is 2.76. The Morgan fingerprint density at radius 1 is 1.11 bits per heavy atom. The van der Waals surface area contributed by atoms with Gasteiger partial charge in [0.1, 0.15) is 0 Å². The molecule has 0 radical (unpaired) electrons. The summed E-state index contributed by atoms with van der Waals surface area (Å²) in [5.74, 6) is 0. The lowest BCUT2D eigenvalue weighted by Gasteiger charge is -2.32. The van der Waals surface area contributed by atoms with Crippen LogP contribution in [0.4, 0.5) is 5.69 Å². The summed E-state index contributed by atoms with van der Waals surface area (Å²) < 4.78 is 0. The minimum absolute atomic E-state index is 0.223. The molecule has 19 heavy (non-hydrogen) atoms. The van der Waals surface area contributed by atoms with E-state index in [1.54, 1.807) is 0 Å². The van der Waals surface area contributed by atoms with Crippen molar-refractivity contribution in [3.8, 4) is 0 Å². The highest BCUT2D eigenvalue weighted by molar-refractivity contribution is 5.48. The van der Waals surface area contributed by atoms with Crippen molar-refractivity contribution in [2.24, 2.45) is 5.73 Å². The maximum Gasteiger partial charge on any atom is 0.0388 e. The van der Waals surface area contributed by atoms with Crippen molar-refractivity contribution in [2.45, 2.75) is 39.3 Å². The van der Waals surface area contributed by atoms with Crippen molar-refractivity contribution >= 4 is 5.69 Å². The topological polar surface area (TPSA) is 32.5 Å². The molecule has 0 amide bonds. The normalized spacial score (nSPS) is 14.5. The number of rotatable bonds is 7. The molecule has 0 aliphatic heterocycles. The molecule has 2 N–H and O–H groups in total. The molecular formula is C16H29N3. The zero-order valence-electron chi connectivity index (χ0n) is 13.1. The lowest BCUT2D eigenvalue weighted by Crippen LogP contribution is -2.40. The summed E-state index contributed by atoms with van der Waals surface area (Å²) >= 11 is 0. The molecule has 2 atom stereocenters. The predicted octanol–water partition coefficient (Wildman–Crippen LogP) is 2.35. The van der Waals surface area contributed by atoms with Crippen LogP contribution >= 0.6 is 0 Å². The van der Waals surface area contributed by atoms with E-state index in [9.17, 15) is 0 Å². The van der Waals surface area contributed by atoms with Gasteiger partial charge in [0.15, 0.2) is 0 Å². The van der Waals surface area contributed by atoms with E-state index in [0.29, 0.717) is 6.04 Å². The summed E-state index contributed by atoms with van der Waals surface area (Å²) in [4.78, 5) is 4.67. The maximum atomic E-state index is 5.84. The second kappa shape index (κ2) is 7.51. The summed E-state index contributed by atoms with van der Waals surface area (Å²) in [5.41, 5.74) is 8.45. The lowest BCUT2D eigenvalue weighted by molar-refractivity contribution is 0.373. The molecule has 0 aliphatic carbocycles. The first-order valence-electron chi connectivity index (χ1n) is 7.20. The summed E-state index contributed by atoms with van der Waals surface area (Å²) in [6.45, 7) is 8.63. The van der Waals surface area contributed by atoms with E-state index in [1.807, 2.05) is 6.92 Å². The number of hydrogen-bond acceptors (Lipinski definition) is 3. The quantitative estimate of drug-likeness (QED) is 0.819. The van der Waals surface area contributed by atoms with Crippen LogP contribution in [0.2, 0.25) is 0 Å². The molecule has 0 saturated heterocycles. The van der Waals surface area contributed by atoms with Crippen molar-refractivity contribution < 1.29 is 0 Å². The van der Waals surface area contributed by atoms with Gasteiger partial charge >= 0.3 is 0 Å². The van der Waals surface area contributed by atoms with Gasteiger partial charge in [-0.2, -0.15) is 0 Å². The minimum Gasteiger partial charge on any atom is -0.368 e. The molecule has 1 rings (SSSR count). The van der Waals surface area contributed by atoms with Gasteiger partial charge in [0.05, 0.1) is 0 Å². The summed E-state index contributed by atoms with van der Waals surface area (Å²) in [5, 5.41) is 0.